The quantitative estimate of drug-likeness (QED) is 0.788. The molecule has 0 saturated heterocycles. The molecule has 130 valence electrons. The lowest BCUT2D eigenvalue weighted by atomic mass is 10.1. The molecule has 1 amide bonds. The van der Waals surface area contributed by atoms with E-state index in [4.69, 9.17) is 4.74 Å². The maximum Gasteiger partial charge on any atom is 0.408 e. The van der Waals surface area contributed by atoms with Crippen molar-refractivity contribution in [2.24, 2.45) is 0 Å². The number of amides is 1. The average molecular weight is 389 g/mol. The van der Waals surface area contributed by atoms with E-state index in [1.54, 1.807) is 39.2 Å². The Balaban J connectivity index is 0.00000232. The Labute approximate surface area is 146 Å². The van der Waals surface area contributed by atoms with Gasteiger partial charge < -0.3 is 14.8 Å². The van der Waals surface area contributed by atoms with Crippen LogP contribution < -0.4 is 5.32 Å². The van der Waals surface area contributed by atoms with Crippen molar-refractivity contribution in [2.45, 2.75) is 52.7 Å². The van der Waals surface area contributed by atoms with E-state index in [0.717, 1.165) is 4.47 Å². The molecule has 0 aliphatic carbocycles. The molecule has 1 heterocycles. The third kappa shape index (κ3) is 9.18. The Morgan fingerprint density at radius 3 is 2.39 bits per heavy atom. The van der Waals surface area contributed by atoms with Gasteiger partial charge in [0.25, 0.3) is 0 Å². The minimum atomic E-state index is -0.616. The number of hydrogen-bond donors (Lipinski definition) is 1. The van der Waals surface area contributed by atoms with Gasteiger partial charge in [-0.25, -0.2) is 4.79 Å². The molecule has 1 aromatic heterocycles. The van der Waals surface area contributed by atoms with Crippen molar-refractivity contribution in [2.75, 3.05) is 7.11 Å². The van der Waals surface area contributed by atoms with Crippen molar-refractivity contribution in [3.63, 3.8) is 0 Å². The Kier molecular flexibility index (Phi) is 9.48. The van der Waals surface area contributed by atoms with Gasteiger partial charge in [0.2, 0.25) is 0 Å². The molecule has 1 rings (SSSR count). The molecule has 0 aliphatic heterocycles. The summed E-state index contributed by atoms with van der Waals surface area (Å²) in [5.41, 5.74) is 0.0655. The molecule has 0 bridgehead atoms. The van der Waals surface area contributed by atoms with Crippen LogP contribution in [-0.2, 0) is 14.3 Å². The maximum atomic E-state index is 11.9. The van der Waals surface area contributed by atoms with Gasteiger partial charge in [0.1, 0.15) is 5.60 Å². The zero-order valence-corrected chi connectivity index (χ0v) is 16.1. The lowest BCUT2D eigenvalue weighted by Crippen LogP contribution is -2.36. The van der Waals surface area contributed by atoms with Gasteiger partial charge in [-0.05, 0) is 48.3 Å². The van der Waals surface area contributed by atoms with Crippen LogP contribution in [0.5, 0.6) is 0 Å². The van der Waals surface area contributed by atoms with Gasteiger partial charge in [-0.2, -0.15) is 0 Å². The fraction of sp³-hybridized carbons (Fsp3) is 0.562. The highest BCUT2D eigenvalue weighted by Crippen LogP contribution is 2.21. The van der Waals surface area contributed by atoms with Crippen molar-refractivity contribution in [3.05, 3.63) is 28.5 Å². The third-order valence-electron chi connectivity index (χ3n) is 2.42. The van der Waals surface area contributed by atoms with E-state index >= 15 is 0 Å². The molecule has 0 radical (unpaired) electrons. The number of esters is 1. The Hall–Kier alpha value is -1.63. The molecule has 23 heavy (non-hydrogen) atoms. The van der Waals surface area contributed by atoms with Gasteiger partial charge in [0, 0.05) is 16.9 Å². The number of aromatic nitrogens is 1. The number of carbonyl (C=O) groups excluding carboxylic acids is 2. The average Bonchev–Trinajstić information content (AvgIpc) is 2.46. The molecule has 0 fully saturated rings. The molecule has 1 atom stereocenters. The number of hydrogen-bond acceptors (Lipinski definition) is 5. The summed E-state index contributed by atoms with van der Waals surface area (Å²) < 4.78 is 10.6. The number of halogens is 1. The van der Waals surface area contributed by atoms with Crippen LogP contribution in [-0.4, -0.2) is 29.8 Å². The second-order valence-electron chi connectivity index (χ2n) is 5.42. The summed E-state index contributed by atoms with van der Waals surface area (Å²) in [6.07, 6.45) is 2.59. The zero-order valence-electron chi connectivity index (χ0n) is 14.5. The van der Waals surface area contributed by atoms with E-state index in [9.17, 15) is 9.59 Å². The van der Waals surface area contributed by atoms with Gasteiger partial charge >= 0.3 is 12.1 Å². The molecule has 1 N–H and O–H groups in total. The Bertz CT molecular complexity index is 515. The second-order valence-corrected chi connectivity index (χ2v) is 6.33. The summed E-state index contributed by atoms with van der Waals surface area (Å²) in [4.78, 5) is 27.4. The number of nitrogens with one attached hydrogen (secondary N) is 1. The van der Waals surface area contributed by atoms with Crippen LogP contribution >= 0.6 is 15.9 Å². The van der Waals surface area contributed by atoms with Crippen LogP contribution in [0.3, 0.4) is 0 Å². The highest BCUT2D eigenvalue weighted by molar-refractivity contribution is 9.10. The zero-order chi connectivity index (χ0) is 18.0. The van der Waals surface area contributed by atoms with Gasteiger partial charge in [-0.1, -0.05) is 13.8 Å². The Morgan fingerprint density at radius 2 is 1.91 bits per heavy atom. The van der Waals surface area contributed by atoms with Crippen LogP contribution in [0.1, 0.15) is 52.6 Å². The van der Waals surface area contributed by atoms with Crippen molar-refractivity contribution >= 4 is 28.0 Å². The first kappa shape index (κ1) is 21.4. The molecule has 0 aliphatic rings. The highest BCUT2D eigenvalue weighted by atomic mass is 79.9. The van der Waals surface area contributed by atoms with Crippen LogP contribution in [0, 0.1) is 0 Å². The SMILES string of the molecule is CC.COC(=O)CC(NC(=O)OC(C)(C)C)c1cncc(Br)c1. The van der Waals surface area contributed by atoms with Gasteiger partial charge in [0.15, 0.2) is 0 Å². The lowest BCUT2D eigenvalue weighted by Gasteiger charge is -2.23. The first-order valence-corrected chi connectivity index (χ1v) is 8.17. The summed E-state index contributed by atoms with van der Waals surface area (Å²) >= 11 is 3.31. The monoisotopic (exact) mass is 388 g/mol. The van der Waals surface area contributed by atoms with Crippen LogP contribution in [0.15, 0.2) is 22.9 Å². The number of nitrogens with zero attached hydrogens (tertiary/aromatic N) is 1. The molecule has 1 aromatic rings. The molecule has 1 unspecified atom stereocenters. The molecular formula is C16H25BrN2O4. The van der Waals surface area contributed by atoms with Crippen molar-refractivity contribution in [1.29, 1.82) is 0 Å². The minimum absolute atomic E-state index is 0.00608. The lowest BCUT2D eigenvalue weighted by molar-refractivity contribution is -0.141. The van der Waals surface area contributed by atoms with Crippen LogP contribution in [0.25, 0.3) is 0 Å². The van der Waals surface area contributed by atoms with Crippen molar-refractivity contribution < 1.29 is 19.1 Å². The first-order valence-electron chi connectivity index (χ1n) is 7.38. The minimum Gasteiger partial charge on any atom is -0.469 e. The predicted octanol–water partition coefficient (Wildman–Crippen LogP) is 4.00. The number of methoxy groups -OCH3 is 1. The van der Waals surface area contributed by atoms with Crippen molar-refractivity contribution in [1.82, 2.24) is 10.3 Å². The molecule has 0 aromatic carbocycles. The third-order valence-corrected chi connectivity index (χ3v) is 2.85. The molecule has 7 heteroatoms. The maximum absolute atomic E-state index is 11.9. The number of rotatable bonds is 4. The van der Waals surface area contributed by atoms with E-state index in [-0.39, 0.29) is 6.42 Å². The summed E-state index contributed by atoms with van der Waals surface area (Å²) in [6, 6.07) is 1.20. The van der Waals surface area contributed by atoms with Crippen LogP contribution in [0.4, 0.5) is 4.79 Å². The number of pyridine rings is 1. The fourth-order valence-corrected chi connectivity index (χ4v) is 1.95. The largest absolute Gasteiger partial charge is 0.469 e. The second kappa shape index (κ2) is 10.2. The topological polar surface area (TPSA) is 77.5 Å². The summed E-state index contributed by atoms with van der Waals surface area (Å²) in [6.45, 7) is 9.30. The van der Waals surface area contributed by atoms with Crippen LogP contribution in [0.2, 0.25) is 0 Å². The standard InChI is InChI=1S/C14H19BrN2O4.C2H6/c1-14(2,3)21-13(19)17-11(6-12(18)20-4)9-5-10(15)8-16-7-9;1-2/h5,7-8,11H,6H2,1-4H3,(H,17,19);1-2H3. The predicted molar refractivity (Wildman–Crippen MR) is 92.0 cm³/mol. The van der Waals surface area contributed by atoms with E-state index in [1.807, 2.05) is 13.8 Å². The summed E-state index contributed by atoms with van der Waals surface area (Å²) in [5.74, 6) is -0.434. The number of ether oxygens (including phenoxy) is 2. The van der Waals surface area contributed by atoms with E-state index in [2.05, 4.69) is 31.0 Å². The molecular weight excluding hydrogens is 364 g/mol. The number of alkyl carbamates (subject to hydrolysis) is 1. The fourth-order valence-electron chi connectivity index (χ4n) is 1.57. The van der Waals surface area contributed by atoms with E-state index in [1.165, 1.54) is 7.11 Å². The Morgan fingerprint density at radius 1 is 1.30 bits per heavy atom. The molecule has 6 nitrogen and oxygen atoms in total. The van der Waals surface area contributed by atoms with Crippen molar-refractivity contribution in [3.8, 4) is 0 Å². The molecule has 0 saturated carbocycles. The van der Waals surface area contributed by atoms with Gasteiger partial charge in [-0.3, -0.25) is 9.78 Å². The summed E-state index contributed by atoms with van der Waals surface area (Å²) in [5, 5.41) is 2.66. The summed E-state index contributed by atoms with van der Waals surface area (Å²) in [7, 11) is 1.30. The normalized spacial score (nSPS) is 11.6. The van der Waals surface area contributed by atoms with Gasteiger partial charge in [0.05, 0.1) is 19.6 Å². The smallest absolute Gasteiger partial charge is 0.408 e. The van der Waals surface area contributed by atoms with E-state index < -0.39 is 23.7 Å². The number of carbonyl (C=O) groups is 2. The highest BCUT2D eigenvalue weighted by Gasteiger charge is 2.23. The first-order chi connectivity index (χ1) is 10.7. The van der Waals surface area contributed by atoms with E-state index in [0.29, 0.717) is 5.56 Å². The molecule has 0 spiro atoms. The van der Waals surface area contributed by atoms with Gasteiger partial charge in [-0.15, -0.1) is 0 Å².